The van der Waals surface area contributed by atoms with Gasteiger partial charge in [-0.05, 0) is 61.9 Å². The third-order valence-electron chi connectivity index (χ3n) is 6.47. The van der Waals surface area contributed by atoms with Gasteiger partial charge in [0.25, 0.3) is 0 Å². The molecule has 0 radical (unpaired) electrons. The van der Waals surface area contributed by atoms with Crippen LogP contribution in [0.1, 0.15) is 24.8 Å². The highest BCUT2D eigenvalue weighted by atomic mass is 16.2. The van der Waals surface area contributed by atoms with Crippen molar-refractivity contribution in [3.8, 4) is 0 Å². The summed E-state index contributed by atoms with van der Waals surface area (Å²) in [6, 6.07) is 21.2. The van der Waals surface area contributed by atoms with Crippen molar-refractivity contribution in [3.63, 3.8) is 0 Å². The molecule has 0 spiro atoms. The minimum atomic E-state index is -0.0140. The maximum absolute atomic E-state index is 12.3. The van der Waals surface area contributed by atoms with E-state index in [9.17, 15) is 4.79 Å². The average molecular weight is 407 g/mol. The van der Waals surface area contributed by atoms with E-state index >= 15 is 0 Å². The van der Waals surface area contributed by atoms with E-state index in [2.05, 4.69) is 81.1 Å². The van der Waals surface area contributed by atoms with Gasteiger partial charge in [-0.25, -0.2) is 4.79 Å². The molecule has 2 aromatic carbocycles. The average Bonchev–Trinajstić information content (AvgIpc) is 3.28. The van der Waals surface area contributed by atoms with Gasteiger partial charge >= 0.3 is 6.03 Å². The number of hydrogen-bond donors (Lipinski definition) is 2. The van der Waals surface area contributed by atoms with Crippen LogP contribution in [0.4, 0.5) is 10.5 Å². The number of benzene rings is 2. The normalized spacial score (nSPS) is 20.3. The number of nitrogens with one attached hydrogen (secondary N) is 2. The Kier molecular flexibility index (Phi) is 7.25. The van der Waals surface area contributed by atoms with Crippen molar-refractivity contribution in [2.24, 2.45) is 11.8 Å². The van der Waals surface area contributed by atoms with Gasteiger partial charge in [-0.3, -0.25) is 4.90 Å². The van der Waals surface area contributed by atoms with Gasteiger partial charge in [-0.1, -0.05) is 48.5 Å². The third-order valence-corrected chi connectivity index (χ3v) is 6.47. The Morgan fingerprint density at radius 3 is 2.10 bits per heavy atom. The molecule has 1 atom stereocenters. The van der Waals surface area contributed by atoms with Crippen molar-refractivity contribution in [1.29, 1.82) is 0 Å². The Hall–Kier alpha value is -2.53. The van der Waals surface area contributed by atoms with Crippen molar-refractivity contribution < 1.29 is 4.79 Å². The fourth-order valence-electron chi connectivity index (χ4n) is 4.60. The lowest BCUT2D eigenvalue weighted by molar-refractivity contribution is 0.174. The van der Waals surface area contributed by atoms with Gasteiger partial charge in [-0.2, -0.15) is 0 Å². The molecule has 0 unspecified atom stereocenters. The molecule has 2 N–H and O–H groups in total. The van der Waals surface area contributed by atoms with E-state index in [0.717, 1.165) is 65.1 Å². The van der Waals surface area contributed by atoms with E-state index in [1.54, 1.807) is 0 Å². The molecule has 2 aliphatic heterocycles. The molecule has 2 aromatic rings. The second-order valence-electron chi connectivity index (χ2n) is 8.73. The summed E-state index contributed by atoms with van der Waals surface area (Å²) >= 11 is 0. The lowest BCUT2D eigenvalue weighted by Gasteiger charge is -2.32. The van der Waals surface area contributed by atoms with Gasteiger partial charge in [0, 0.05) is 38.4 Å². The fourth-order valence-corrected chi connectivity index (χ4v) is 4.60. The number of para-hydroxylation sites is 1. The lowest BCUT2D eigenvalue weighted by Crippen LogP contribution is -2.43. The first-order chi connectivity index (χ1) is 14.8. The minimum Gasteiger partial charge on any atom is -0.371 e. The summed E-state index contributed by atoms with van der Waals surface area (Å²) in [5.41, 5.74) is 2.66. The highest BCUT2D eigenvalue weighted by molar-refractivity contribution is 5.73. The number of urea groups is 1. The van der Waals surface area contributed by atoms with Gasteiger partial charge in [0.1, 0.15) is 0 Å². The molecule has 5 heteroatoms. The van der Waals surface area contributed by atoms with Crippen LogP contribution >= 0.6 is 0 Å². The molecule has 5 nitrogen and oxygen atoms in total. The predicted molar refractivity (Wildman–Crippen MR) is 123 cm³/mol. The molecule has 30 heavy (non-hydrogen) atoms. The van der Waals surface area contributed by atoms with Crippen molar-refractivity contribution in [2.75, 3.05) is 44.2 Å². The van der Waals surface area contributed by atoms with Crippen molar-refractivity contribution in [3.05, 3.63) is 66.2 Å². The number of anilines is 1. The van der Waals surface area contributed by atoms with E-state index in [1.165, 1.54) is 11.3 Å². The zero-order valence-electron chi connectivity index (χ0n) is 17.8. The van der Waals surface area contributed by atoms with Crippen molar-refractivity contribution in [2.45, 2.75) is 25.8 Å². The Morgan fingerprint density at radius 2 is 1.40 bits per heavy atom. The first-order valence-electron chi connectivity index (χ1n) is 11.3. The number of nitrogens with zero attached hydrogens (tertiary/aromatic N) is 2. The first-order valence-corrected chi connectivity index (χ1v) is 11.3. The maximum Gasteiger partial charge on any atom is 0.314 e. The van der Waals surface area contributed by atoms with Crippen LogP contribution in [0.2, 0.25) is 0 Å². The standard InChI is InChI=1S/C25H34N4O/c30-25(27-18-23-13-16-29(20-23)24-9-5-2-6-10-24)26-17-21-11-14-28(15-12-21)19-22-7-3-1-4-8-22/h1-10,21,23H,11-20H2,(H2,26,27,30)/t23-/m1/s1. The van der Waals surface area contributed by atoms with Gasteiger partial charge in [0.15, 0.2) is 0 Å². The number of rotatable bonds is 7. The SMILES string of the molecule is O=C(NCC1CCN(Cc2ccccc2)CC1)NC[C@H]1CCN(c2ccccc2)C1. The van der Waals surface area contributed by atoms with Gasteiger partial charge in [0.2, 0.25) is 0 Å². The molecule has 4 rings (SSSR count). The molecular weight excluding hydrogens is 372 g/mol. The van der Waals surface area contributed by atoms with E-state index in [0.29, 0.717) is 11.8 Å². The van der Waals surface area contributed by atoms with E-state index in [-0.39, 0.29) is 6.03 Å². The zero-order chi connectivity index (χ0) is 20.6. The van der Waals surface area contributed by atoms with Crippen LogP contribution in [0.25, 0.3) is 0 Å². The van der Waals surface area contributed by atoms with Crippen LogP contribution in [0.15, 0.2) is 60.7 Å². The Bertz CT molecular complexity index is 774. The maximum atomic E-state index is 12.3. The smallest absolute Gasteiger partial charge is 0.314 e. The summed E-state index contributed by atoms with van der Waals surface area (Å²) in [4.78, 5) is 17.2. The first kappa shape index (κ1) is 20.7. The Morgan fingerprint density at radius 1 is 0.800 bits per heavy atom. The molecule has 2 aliphatic rings. The van der Waals surface area contributed by atoms with Crippen LogP contribution in [0, 0.1) is 11.8 Å². The summed E-state index contributed by atoms with van der Waals surface area (Å²) in [6.45, 7) is 6.88. The van der Waals surface area contributed by atoms with Crippen LogP contribution in [0.5, 0.6) is 0 Å². The van der Waals surface area contributed by atoms with Crippen LogP contribution in [0.3, 0.4) is 0 Å². The number of amides is 2. The minimum absolute atomic E-state index is 0.0140. The molecular formula is C25H34N4O. The van der Waals surface area contributed by atoms with Gasteiger partial charge in [0.05, 0.1) is 0 Å². The van der Waals surface area contributed by atoms with Crippen LogP contribution in [-0.4, -0.2) is 50.2 Å². The van der Waals surface area contributed by atoms with E-state index < -0.39 is 0 Å². The molecule has 0 aromatic heterocycles. The molecule has 2 amide bonds. The summed E-state index contributed by atoms with van der Waals surface area (Å²) in [6.07, 6.45) is 3.44. The molecule has 0 bridgehead atoms. The summed E-state index contributed by atoms with van der Waals surface area (Å²) < 4.78 is 0. The summed E-state index contributed by atoms with van der Waals surface area (Å²) in [7, 11) is 0. The molecule has 2 fully saturated rings. The second-order valence-corrected chi connectivity index (χ2v) is 8.73. The quantitative estimate of drug-likeness (QED) is 0.737. The van der Waals surface area contributed by atoms with Crippen molar-refractivity contribution >= 4 is 11.7 Å². The van der Waals surface area contributed by atoms with E-state index in [1.807, 2.05) is 0 Å². The van der Waals surface area contributed by atoms with Gasteiger partial charge < -0.3 is 15.5 Å². The Labute approximate surface area is 180 Å². The monoisotopic (exact) mass is 406 g/mol. The van der Waals surface area contributed by atoms with Crippen LogP contribution < -0.4 is 15.5 Å². The molecule has 160 valence electrons. The molecule has 0 aliphatic carbocycles. The molecule has 0 saturated carbocycles. The van der Waals surface area contributed by atoms with E-state index in [4.69, 9.17) is 0 Å². The van der Waals surface area contributed by atoms with Crippen molar-refractivity contribution in [1.82, 2.24) is 15.5 Å². The molecule has 2 saturated heterocycles. The highest BCUT2D eigenvalue weighted by Crippen LogP contribution is 2.23. The van der Waals surface area contributed by atoms with Gasteiger partial charge in [-0.15, -0.1) is 0 Å². The topological polar surface area (TPSA) is 47.6 Å². The zero-order valence-corrected chi connectivity index (χ0v) is 17.8. The number of likely N-dealkylation sites (tertiary alicyclic amines) is 1. The second kappa shape index (κ2) is 10.5. The largest absolute Gasteiger partial charge is 0.371 e. The Balaban J connectivity index is 1.09. The fraction of sp³-hybridized carbons (Fsp3) is 0.480. The third kappa shape index (κ3) is 5.99. The summed E-state index contributed by atoms with van der Waals surface area (Å²) in [5, 5.41) is 6.19. The number of carbonyl (C=O) groups is 1. The highest BCUT2D eigenvalue weighted by Gasteiger charge is 2.23. The summed E-state index contributed by atoms with van der Waals surface area (Å²) in [5.74, 6) is 1.11. The van der Waals surface area contributed by atoms with Crippen LogP contribution in [-0.2, 0) is 6.54 Å². The number of piperidine rings is 1. The predicted octanol–water partition coefficient (Wildman–Crippen LogP) is 3.72. The lowest BCUT2D eigenvalue weighted by atomic mass is 9.96. The molecule has 2 heterocycles. The number of hydrogen-bond acceptors (Lipinski definition) is 3. The number of carbonyl (C=O) groups excluding carboxylic acids is 1.